The molecule has 0 N–H and O–H groups in total. The molecular formula is C17H22ClF2NO. The topological polar surface area (TPSA) is 12.5 Å². The monoisotopic (exact) mass is 329 g/mol. The molecule has 1 aromatic carbocycles. The van der Waals surface area contributed by atoms with Gasteiger partial charge in [-0.05, 0) is 36.8 Å². The van der Waals surface area contributed by atoms with E-state index in [1.165, 1.54) is 0 Å². The van der Waals surface area contributed by atoms with E-state index >= 15 is 0 Å². The maximum Gasteiger partial charge on any atom is 0.251 e. The third kappa shape index (κ3) is 3.72. The minimum Gasteiger partial charge on any atom is -0.381 e. The zero-order valence-electron chi connectivity index (χ0n) is 12.7. The smallest absolute Gasteiger partial charge is 0.251 e. The second-order valence-corrected chi connectivity index (χ2v) is 6.79. The minimum atomic E-state index is -2.53. The summed E-state index contributed by atoms with van der Waals surface area (Å²) in [6.45, 7) is 2.36. The number of ether oxygens (including phenoxy) is 1. The van der Waals surface area contributed by atoms with Crippen molar-refractivity contribution in [2.75, 3.05) is 31.2 Å². The number of benzene rings is 1. The number of rotatable bonds is 3. The van der Waals surface area contributed by atoms with Crippen molar-refractivity contribution in [3.05, 3.63) is 28.8 Å². The summed E-state index contributed by atoms with van der Waals surface area (Å²) in [4.78, 5) is 2.03. The summed E-state index contributed by atoms with van der Waals surface area (Å²) in [7, 11) is 0. The third-order valence-electron chi connectivity index (χ3n) is 4.64. The first-order chi connectivity index (χ1) is 10.6. The number of alkyl halides is 2. The zero-order valence-corrected chi connectivity index (χ0v) is 13.4. The van der Waals surface area contributed by atoms with Crippen LogP contribution in [0.3, 0.4) is 0 Å². The Morgan fingerprint density at radius 1 is 1.27 bits per heavy atom. The van der Waals surface area contributed by atoms with Gasteiger partial charge < -0.3 is 9.64 Å². The highest BCUT2D eigenvalue weighted by Crippen LogP contribution is 2.37. The molecule has 0 aromatic heterocycles. The standard InChI is InChI=1S/C17H22ClF2NO/c18-15-5-1-4-14(11-13-3-2-10-22-12-13)16(15)21-8-6-17(19,20)7-9-21/h1,4-5,13H,2-3,6-12H2. The summed E-state index contributed by atoms with van der Waals surface area (Å²) in [6, 6.07) is 5.87. The highest BCUT2D eigenvalue weighted by Gasteiger charge is 2.35. The zero-order chi connectivity index (χ0) is 15.6. The van der Waals surface area contributed by atoms with E-state index in [0.717, 1.165) is 43.7 Å². The molecule has 3 rings (SSSR count). The summed E-state index contributed by atoms with van der Waals surface area (Å²) < 4.78 is 32.3. The Morgan fingerprint density at radius 3 is 2.73 bits per heavy atom. The summed E-state index contributed by atoms with van der Waals surface area (Å²) in [5, 5.41) is 0.666. The Bertz CT molecular complexity index is 507. The Labute approximate surface area is 135 Å². The molecule has 122 valence electrons. The van der Waals surface area contributed by atoms with E-state index in [9.17, 15) is 8.78 Å². The van der Waals surface area contributed by atoms with Crippen molar-refractivity contribution in [1.29, 1.82) is 0 Å². The first-order valence-electron chi connectivity index (χ1n) is 8.03. The van der Waals surface area contributed by atoms with Gasteiger partial charge in [0.2, 0.25) is 0 Å². The molecule has 2 saturated heterocycles. The van der Waals surface area contributed by atoms with Crippen LogP contribution in [0.4, 0.5) is 14.5 Å². The van der Waals surface area contributed by atoms with Crippen LogP contribution in [0.2, 0.25) is 5.02 Å². The molecule has 0 saturated carbocycles. The van der Waals surface area contributed by atoms with Crippen LogP contribution in [0.5, 0.6) is 0 Å². The number of halogens is 3. The SMILES string of the molecule is FC1(F)CCN(c2c(Cl)cccc2CC2CCCOC2)CC1. The van der Waals surface area contributed by atoms with Crippen LogP contribution in [-0.4, -0.2) is 32.2 Å². The van der Waals surface area contributed by atoms with Crippen LogP contribution >= 0.6 is 11.6 Å². The lowest BCUT2D eigenvalue weighted by Gasteiger charge is -2.35. The lowest BCUT2D eigenvalue weighted by atomic mass is 9.92. The molecule has 2 heterocycles. The Hall–Kier alpha value is -0.870. The van der Waals surface area contributed by atoms with Gasteiger partial charge >= 0.3 is 0 Å². The van der Waals surface area contributed by atoms with Crippen LogP contribution in [0, 0.1) is 5.92 Å². The molecule has 0 aliphatic carbocycles. The van der Waals surface area contributed by atoms with Crippen molar-refractivity contribution in [3.63, 3.8) is 0 Å². The first kappa shape index (κ1) is 16.0. The summed E-state index contributed by atoms with van der Waals surface area (Å²) in [5.41, 5.74) is 2.11. The van der Waals surface area contributed by atoms with Crippen molar-refractivity contribution < 1.29 is 13.5 Å². The fourth-order valence-corrected chi connectivity index (χ4v) is 3.73. The van der Waals surface area contributed by atoms with Crippen LogP contribution in [0.15, 0.2) is 18.2 Å². The van der Waals surface area contributed by atoms with Crippen LogP contribution in [0.1, 0.15) is 31.2 Å². The molecule has 2 aliphatic heterocycles. The predicted octanol–water partition coefficient (Wildman–Crippen LogP) is 4.54. The lowest BCUT2D eigenvalue weighted by molar-refractivity contribution is -0.0220. The average Bonchev–Trinajstić information content (AvgIpc) is 2.49. The molecule has 22 heavy (non-hydrogen) atoms. The van der Waals surface area contributed by atoms with Gasteiger partial charge in [0.05, 0.1) is 10.7 Å². The van der Waals surface area contributed by atoms with Gasteiger partial charge in [0.25, 0.3) is 5.92 Å². The van der Waals surface area contributed by atoms with Gasteiger partial charge in [-0.25, -0.2) is 8.78 Å². The molecule has 0 radical (unpaired) electrons. The first-order valence-corrected chi connectivity index (χ1v) is 8.41. The number of para-hydroxylation sites is 1. The number of piperidine rings is 1. The van der Waals surface area contributed by atoms with Gasteiger partial charge in [0.15, 0.2) is 0 Å². The van der Waals surface area contributed by atoms with Gasteiger partial charge in [0, 0.05) is 39.1 Å². The van der Waals surface area contributed by atoms with Crippen molar-refractivity contribution >= 4 is 17.3 Å². The van der Waals surface area contributed by atoms with Crippen LogP contribution in [-0.2, 0) is 11.2 Å². The van der Waals surface area contributed by atoms with Crippen molar-refractivity contribution in [3.8, 4) is 0 Å². The highest BCUT2D eigenvalue weighted by molar-refractivity contribution is 6.33. The fraction of sp³-hybridized carbons (Fsp3) is 0.647. The number of hydrogen-bond acceptors (Lipinski definition) is 2. The van der Waals surface area contributed by atoms with E-state index in [1.54, 1.807) is 0 Å². The average molecular weight is 330 g/mol. The van der Waals surface area contributed by atoms with Gasteiger partial charge in [-0.1, -0.05) is 23.7 Å². The van der Waals surface area contributed by atoms with E-state index in [1.807, 2.05) is 17.0 Å². The molecular weight excluding hydrogens is 308 g/mol. The third-order valence-corrected chi connectivity index (χ3v) is 4.95. The van der Waals surface area contributed by atoms with E-state index in [4.69, 9.17) is 16.3 Å². The Balaban J connectivity index is 1.77. The van der Waals surface area contributed by atoms with Gasteiger partial charge in [-0.3, -0.25) is 0 Å². The van der Waals surface area contributed by atoms with E-state index < -0.39 is 5.92 Å². The molecule has 2 fully saturated rings. The second-order valence-electron chi connectivity index (χ2n) is 6.38. The summed E-state index contributed by atoms with van der Waals surface area (Å²) in [6.07, 6.45) is 2.97. The lowest BCUT2D eigenvalue weighted by Crippen LogP contribution is -2.40. The molecule has 2 nitrogen and oxygen atoms in total. The normalized spacial score (nSPS) is 25.2. The van der Waals surface area contributed by atoms with E-state index in [2.05, 4.69) is 6.07 Å². The molecule has 1 unspecified atom stereocenters. The van der Waals surface area contributed by atoms with Crippen molar-refractivity contribution in [1.82, 2.24) is 0 Å². The highest BCUT2D eigenvalue weighted by atomic mass is 35.5. The number of hydrogen-bond donors (Lipinski definition) is 0. The summed E-state index contributed by atoms with van der Waals surface area (Å²) >= 11 is 6.39. The van der Waals surface area contributed by atoms with E-state index in [-0.39, 0.29) is 12.8 Å². The summed E-state index contributed by atoms with van der Waals surface area (Å²) in [5.74, 6) is -2.04. The van der Waals surface area contributed by atoms with Crippen LogP contribution in [0.25, 0.3) is 0 Å². The molecule has 1 aromatic rings. The maximum absolute atomic E-state index is 13.4. The van der Waals surface area contributed by atoms with Crippen molar-refractivity contribution in [2.45, 2.75) is 38.0 Å². The van der Waals surface area contributed by atoms with Crippen LogP contribution < -0.4 is 4.90 Å². The molecule has 2 aliphatic rings. The molecule has 1 atom stereocenters. The maximum atomic E-state index is 13.4. The molecule has 0 spiro atoms. The Morgan fingerprint density at radius 2 is 2.05 bits per heavy atom. The number of anilines is 1. The molecule has 5 heteroatoms. The van der Waals surface area contributed by atoms with Gasteiger partial charge in [-0.15, -0.1) is 0 Å². The largest absolute Gasteiger partial charge is 0.381 e. The molecule has 0 amide bonds. The van der Waals surface area contributed by atoms with E-state index in [0.29, 0.717) is 24.0 Å². The van der Waals surface area contributed by atoms with Gasteiger partial charge in [-0.2, -0.15) is 0 Å². The van der Waals surface area contributed by atoms with Crippen molar-refractivity contribution in [2.24, 2.45) is 5.92 Å². The number of nitrogens with zero attached hydrogens (tertiary/aromatic N) is 1. The second kappa shape index (κ2) is 6.71. The minimum absolute atomic E-state index is 0.0931. The molecule has 0 bridgehead atoms. The fourth-order valence-electron chi connectivity index (χ4n) is 3.42. The van der Waals surface area contributed by atoms with Gasteiger partial charge in [0.1, 0.15) is 0 Å². The predicted molar refractivity (Wildman–Crippen MR) is 85.1 cm³/mol. The Kier molecular flexibility index (Phi) is 4.88. The quantitative estimate of drug-likeness (QED) is 0.807.